The Morgan fingerprint density at radius 2 is 1.79 bits per heavy atom. The van der Waals surface area contributed by atoms with Crippen LogP contribution in [0.3, 0.4) is 0 Å². The van der Waals surface area contributed by atoms with Crippen LogP contribution in [0.25, 0.3) is 22.3 Å². The molecule has 3 aromatic rings. The molecule has 0 aliphatic rings. The molecule has 24 heavy (non-hydrogen) atoms. The van der Waals surface area contributed by atoms with Gasteiger partial charge in [-0.15, -0.1) is 0 Å². The summed E-state index contributed by atoms with van der Waals surface area (Å²) in [5.74, 6) is -1.33. The third-order valence-corrected chi connectivity index (χ3v) is 3.84. The minimum absolute atomic E-state index is 0.124. The van der Waals surface area contributed by atoms with Crippen molar-refractivity contribution < 1.29 is 19.1 Å². The molecule has 0 saturated heterocycles. The molecule has 0 spiro atoms. The molecule has 0 bridgehead atoms. The van der Waals surface area contributed by atoms with Gasteiger partial charge in [0.15, 0.2) is 5.76 Å². The standard InChI is InChI=1S/C19H16O5/c1-11-8-14-15(9-12(11)2)24-18(13-6-4-3-5-7-13)19(17(14)22)23-10-16(20)21/h3-9H,10H2,1-2H3,(H,20,21)/p-1. The normalized spacial score (nSPS) is 10.8. The van der Waals surface area contributed by atoms with E-state index in [1.807, 2.05) is 19.9 Å². The van der Waals surface area contributed by atoms with E-state index in [4.69, 9.17) is 9.15 Å². The third kappa shape index (κ3) is 2.88. The van der Waals surface area contributed by atoms with Crippen molar-refractivity contribution in [2.24, 2.45) is 0 Å². The first kappa shape index (κ1) is 15.8. The molecule has 0 fully saturated rings. The number of benzene rings is 2. The Bertz CT molecular complexity index is 970. The number of fused-ring (bicyclic) bond motifs is 1. The summed E-state index contributed by atoms with van der Waals surface area (Å²) in [6, 6.07) is 12.5. The molecule has 0 unspecified atom stereocenters. The number of hydrogen-bond donors (Lipinski definition) is 0. The summed E-state index contributed by atoms with van der Waals surface area (Å²) in [5, 5.41) is 11.1. The van der Waals surface area contributed by atoms with E-state index in [1.54, 1.807) is 36.4 Å². The molecule has 5 heteroatoms. The minimum Gasteiger partial charge on any atom is -0.546 e. The van der Waals surface area contributed by atoms with Crippen molar-refractivity contribution in [3.05, 3.63) is 63.8 Å². The van der Waals surface area contributed by atoms with E-state index in [-0.39, 0.29) is 11.5 Å². The molecule has 3 rings (SSSR count). The summed E-state index contributed by atoms with van der Waals surface area (Å²) in [6.07, 6.45) is 0. The van der Waals surface area contributed by atoms with Crippen molar-refractivity contribution in [2.45, 2.75) is 13.8 Å². The van der Waals surface area contributed by atoms with Crippen molar-refractivity contribution in [1.29, 1.82) is 0 Å². The van der Waals surface area contributed by atoms with Crippen LogP contribution in [0.15, 0.2) is 51.7 Å². The van der Waals surface area contributed by atoms with Crippen LogP contribution in [0.1, 0.15) is 11.1 Å². The second-order valence-electron chi connectivity index (χ2n) is 5.55. The zero-order valence-electron chi connectivity index (χ0n) is 13.3. The van der Waals surface area contributed by atoms with Crippen molar-refractivity contribution in [3.63, 3.8) is 0 Å². The van der Waals surface area contributed by atoms with Gasteiger partial charge in [-0.25, -0.2) is 0 Å². The fourth-order valence-corrected chi connectivity index (χ4v) is 2.48. The maximum Gasteiger partial charge on any atom is 0.235 e. The number of carboxylic acids is 1. The number of aryl methyl sites for hydroxylation is 2. The average molecular weight is 323 g/mol. The number of carboxylic acid groups (broad SMARTS) is 1. The van der Waals surface area contributed by atoms with E-state index >= 15 is 0 Å². The molecule has 1 heterocycles. The summed E-state index contributed by atoms with van der Waals surface area (Å²) < 4.78 is 11.1. The lowest BCUT2D eigenvalue weighted by molar-refractivity contribution is -0.307. The van der Waals surface area contributed by atoms with Gasteiger partial charge < -0.3 is 19.1 Å². The summed E-state index contributed by atoms with van der Waals surface area (Å²) >= 11 is 0. The van der Waals surface area contributed by atoms with Gasteiger partial charge in [0, 0.05) is 5.56 Å². The maximum absolute atomic E-state index is 12.8. The highest BCUT2D eigenvalue weighted by Crippen LogP contribution is 2.31. The third-order valence-electron chi connectivity index (χ3n) is 3.84. The fraction of sp³-hybridized carbons (Fsp3) is 0.158. The van der Waals surface area contributed by atoms with Gasteiger partial charge >= 0.3 is 0 Å². The molecule has 2 aromatic carbocycles. The molecular weight excluding hydrogens is 308 g/mol. The largest absolute Gasteiger partial charge is 0.546 e. The van der Waals surface area contributed by atoms with E-state index in [2.05, 4.69) is 0 Å². The SMILES string of the molecule is Cc1cc2oc(-c3ccccc3)c(OCC(=O)[O-])c(=O)c2cc1C. The van der Waals surface area contributed by atoms with Crippen molar-refractivity contribution in [1.82, 2.24) is 0 Å². The summed E-state index contributed by atoms with van der Waals surface area (Å²) in [5.41, 5.74) is 2.59. The highest BCUT2D eigenvalue weighted by Gasteiger charge is 2.18. The van der Waals surface area contributed by atoms with Gasteiger partial charge in [0.25, 0.3) is 0 Å². The van der Waals surface area contributed by atoms with Gasteiger partial charge in [-0.3, -0.25) is 4.79 Å². The topological polar surface area (TPSA) is 79.6 Å². The molecule has 5 nitrogen and oxygen atoms in total. The predicted molar refractivity (Wildman–Crippen MR) is 87.9 cm³/mol. The molecule has 0 aliphatic heterocycles. The van der Waals surface area contributed by atoms with Crippen LogP contribution in [0.2, 0.25) is 0 Å². The first-order chi connectivity index (χ1) is 11.5. The van der Waals surface area contributed by atoms with E-state index in [1.165, 1.54) is 0 Å². The van der Waals surface area contributed by atoms with E-state index in [0.717, 1.165) is 11.1 Å². The van der Waals surface area contributed by atoms with Crippen LogP contribution in [-0.2, 0) is 4.79 Å². The molecule has 0 atom stereocenters. The Morgan fingerprint density at radius 1 is 1.12 bits per heavy atom. The van der Waals surface area contributed by atoms with E-state index in [0.29, 0.717) is 16.5 Å². The summed E-state index contributed by atoms with van der Waals surface area (Å²) in [4.78, 5) is 23.5. The smallest absolute Gasteiger partial charge is 0.235 e. The van der Waals surface area contributed by atoms with Gasteiger partial charge in [0.05, 0.1) is 11.4 Å². The van der Waals surface area contributed by atoms with Crippen LogP contribution in [0.4, 0.5) is 0 Å². The van der Waals surface area contributed by atoms with Crippen LogP contribution < -0.4 is 15.3 Å². The molecule has 0 aliphatic carbocycles. The zero-order valence-corrected chi connectivity index (χ0v) is 13.3. The molecule has 122 valence electrons. The Hall–Kier alpha value is -3.08. The highest BCUT2D eigenvalue weighted by molar-refractivity contribution is 5.83. The monoisotopic (exact) mass is 323 g/mol. The Kier molecular flexibility index (Phi) is 4.08. The minimum atomic E-state index is -1.41. The number of rotatable bonds is 4. The molecular formula is C19H15O5-. The zero-order chi connectivity index (χ0) is 17.3. The Morgan fingerprint density at radius 3 is 2.46 bits per heavy atom. The molecule has 1 aromatic heterocycles. The Balaban J connectivity index is 2.31. The molecule has 0 N–H and O–H groups in total. The van der Waals surface area contributed by atoms with Gasteiger partial charge in [-0.05, 0) is 37.1 Å². The van der Waals surface area contributed by atoms with Crippen LogP contribution in [0, 0.1) is 13.8 Å². The van der Waals surface area contributed by atoms with Gasteiger partial charge in [0.2, 0.25) is 11.2 Å². The number of carbonyl (C=O) groups excluding carboxylic acids is 1. The summed E-state index contributed by atoms with van der Waals surface area (Å²) in [6.45, 7) is 3.10. The maximum atomic E-state index is 12.8. The van der Waals surface area contributed by atoms with E-state index < -0.39 is 18.0 Å². The number of carbonyl (C=O) groups is 1. The highest BCUT2D eigenvalue weighted by atomic mass is 16.5. The van der Waals surface area contributed by atoms with Crippen molar-refractivity contribution in [2.75, 3.05) is 6.61 Å². The lowest BCUT2D eigenvalue weighted by Gasteiger charge is -2.13. The van der Waals surface area contributed by atoms with Crippen LogP contribution in [-0.4, -0.2) is 12.6 Å². The second-order valence-corrected chi connectivity index (χ2v) is 5.55. The fourth-order valence-electron chi connectivity index (χ4n) is 2.48. The first-order valence-corrected chi connectivity index (χ1v) is 7.43. The molecule has 0 amide bonds. The van der Waals surface area contributed by atoms with Gasteiger partial charge in [-0.1, -0.05) is 30.3 Å². The van der Waals surface area contributed by atoms with Crippen molar-refractivity contribution in [3.8, 4) is 17.1 Å². The Labute approximate surface area is 138 Å². The van der Waals surface area contributed by atoms with Gasteiger partial charge in [-0.2, -0.15) is 0 Å². The average Bonchev–Trinajstić information content (AvgIpc) is 2.56. The lowest BCUT2D eigenvalue weighted by atomic mass is 10.0. The van der Waals surface area contributed by atoms with E-state index in [9.17, 15) is 14.7 Å². The number of hydrogen-bond acceptors (Lipinski definition) is 5. The molecule has 0 saturated carbocycles. The molecule has 0 radical (unpaired) electrons. The van der Waals surface area contributed by atoms with Crippen molar-refractivity contribution >= 4 is 16.9 Å². The number of ether oxygens (including phenoxy) is 1. The predicted octanol–water partition coefficient (Wildman–Crippen LogP) is 2.21. The summed E-state index contributed by atoms with van der Waals surface area (Å²) in [7, 11) is 0. The number of aliphatic carboxylic acids is 1. The quantitative estimate of drug-likeness (QED) is 0.735. The van der Waals surface area contributed by atoms with Gasteiger partial charge in [0.1, 0.15) is 12.2 Å². The van der Waals surface area contributed by atoms with Crippen LogP contribution >= 0.6 is 0 Å². The lowest BCUT2D eigenvalue weighted by Crippen LogP contribution is -2.30. The van der Waals surface area contributed by atoms with Crippen LogP contribution in [0.5, 0.6) is 5.75 Å². The first-order valence-electron chi connectivity index (χ1n) is 7.43. The second kappa shape index (κ2) is 6.20.